The van der Waals surface area contributed by atoms with Crippen LogP contribution in [0.2, 0.25) is 0 Å². The summed E-state index contributed by atoms with van der Waals surface area (Å²) in [6.45, 7) is 3.42. The Balaban J connectivity index is 2.26. The quantitative estimate of drug-likeness (QED) is 0.642. The molecule has 1 aliphatic rings. The zero-order valence-corrected chi connectivity index (χ0v) is 11.1. The van der Waals surface area contributed by atoms with Gasteiger partial charge in [-0.25, -0.2) is 4.79 Å². The second kappa shape index (κ2) is 5.74. The summed E-state index contributed by atoms with van der Waals surface area (Å²) in [5.41, 5.74) is 0.539. The van der Waals surface area contributed by atoms with E-state index in [0.29, 0.717) is 0 Å². The molecular formula is C12H16N4O4. The van der Waals surface area contributed by atoms with Gasteiger partial charge in [0, 0.05) is 37.9 Å². The molecule has 1 fully saturated rings. The van der Waals surface area contributed by atoms with E-state index in [-0.39, 0.29) is 11.4 Å². The van der Waals surface area contributed by atoms with E-state index in [1.807, 2.05) is 7.05 Å². The summed E-state index contributed by atoms with van der Waals surface area (Å²) in [5.74, 6) is 0. The molecule has 0 aromatic heterocycles. The number of likely N-dealkylation sites (N-methyl/N-ethyl adjacent to an activating group) is 1. The van der Waals surface area contributed by atoms with Crippen LogP contribution >= 0.6 is 0 Å². The minimum Gasteiger partial charge on any atom is -0.465 e. The highest BCUT2D eigenvalue weighted by atomic mass is 16.6. The van der Waals surface area contributed by atoms with E-state index >= 15 is 0 Å². The number of nitrogens with one attached hydrogen (secondary N) is 1. The van der Waals surface area contributed by atoms with E-state index < -0.39 is 11.0 Å². The molecule has 1 heterocycles. The van der Waals surface area contributed by atoms with Gasteiger partial charge in [-0.05, 0) is 19.2 Å². The first-order chi connectivity index (χ1) is 9.47. The highest BCUT2D eigenvalue weighted by Crippen LogP contribution is 2.30. The molecule has 1 aromatic rings. The lowest BCUT2D eigenvalue weighted by Gasteiger charge is -2.34. The second-order valence-corrected chi connectivity index (χ2v) is 4.68. The minimum atomic E-state index is -1.32. The first-order valence-electron chi connectivity index (χ1n) is 6.19. The van der Waals surface area contributed by atoms with E-state index in [1.54, 1.807) is 6.07 Å². The Hall–Kier alpha value is -2.35. The van der Waals surface area contributed by atoms with Gasteiger partial charge >= 0.3 is 6.09 Å². The molecule has 0 atom stereocenters. The van der Waals surface area contributed by atoms with Crippen LogP contribution in [0.4, 0.5) is 21.9 Å². The number of piperazine rings is 1. The lowest BCUT2D eigenvalue weighted by molar-refractivity contribution is -0.383. The lowest BCUT2D eigenvalue weighted by Crippen LogP contribution is -2.44. The first kappa shape index (κ1) is 14.1. The van der Waals surface area contributed by atoms with Gasteiger partial charge in [0.1, 0.15) is 5.69 Å². The number of benzene rings is 1. The summed E-state index contributed by atoms with van der Waals surface area (Å²) in [6, 6.07) is 4.49. The number of carboxylic acid groups (broad SMARTS) is 1. The number of hydrogen-bond donors (Lipinski definition) is 2. The Morgan fingerprint density at radius 1 is 1.35 bits per heavy atom. The zero-order chi connectivity index (χ0) is 14.7. The van der Waals surface area contributed by atoms with E-state index in [4.69, 9.17) is 5.11 Å². The highest BCUT2D eigenvalue weighted by molar-refractivity contribution is 5.87. The molecule has 108 valence electrons. The fourth-order valence-electron chi connectivity index (χ4n) is 2.16. The predicted octanol–water partition coefficient (Wildman–Crippen LogP) is 1.44. The zero-order valence-electron chi connectivity index (χ0n) is 11.1. The number of amides is 1. The Morgan fingerprint density at radius 2 is 2.00 bits per heavy atom. The van der Waals surface area contributed by atoms with Gasteiger partial charge in [-0.15, -0.1) is 0 Å². The molecule has 2 N–H and O–H groups in total. The van der Waals surface area contributed by atoms with Gasteiger partial charge in [-0.2, -0.15) is 0 Å². The van der Waals surface area contributed by atoms with Crippen molar-refractivity contribution in [3.8, 4) is 0 Å². The number of carbonyl (C=O) groups is 1. The van der Waals surface area contributed by atoms with Crippen molar-refractivity contribution in [2.24, 2.45) is 0 Å². The number of anilines is 2. The third-order valence-corrected chi connectivity index (χ3v) is 3.29. The summed E-state index contributed by atoms with van der Waals surface area (Å²) in [7, 11) is 2.03. The van der Waals surface area contributed by atoms with E-state index in [2.05, 4.69) is 15.1 Å². The first-order valence-corrected chi connectivity index (χ1v) is 6.19. The standard InChI is InChI=1S/C12H16N4O4/c1-14-4-6-15(7-5-14)9-2-3-11(16(19)20)10(8-9)13-12(17)18/h2-3,8,13H,4-7H2,1H3,(H,17,18). The van der Waals surface area contributed by atoms with Crippen LogP contribution in [0.15, 0.2) is 18.2 Å². The summed E-state index contributed by atoms with van der Waals surface area (Å²) in [5, 5.41) is 21.7. The molecule has 0 saturated carbocycles. The summed E-state index contributed by atoms with van der Waals surface area (Å²) in [4.78, 5) is 25.3. The number of rotatable bonds is 3. The van der Waals surface area contributed by atoms with Gasteiger partial charge in [0.05, 0.1) is 4.92 Å². The number of nitro groups is 1. The maximum absolute atomic E-state index is 10.9. The average molecular weight is 280 g/mol. The smallest absolute Gasteiger partial charge is 0.409 e. The molecular weight excluding hydrogens is 264 g/mol. The summed E-state index contributed by atoms with van der Waals surface area (Å²) < 4.78 is 0. The fourth-order valence-corrected chi connectivity index (χ4v) is 2.16. The largest absolute Gasteiger partial charge is 0.465 e. The maximum atomic E-state index is 10.9. The van der Waals surface area contributed by atoms with Gasteiger partial charge in [0.2, 0.25) is 0 Å². The molecule has 8 nitrogen and oxygen atoms in total. The molecule has 0 bridgehead atoms. The number of nitro benzene ring substituents is 1. The molecule has 1 amide bonds. The van der Waals surface area contributed by atoms with Crippen molar-refractivity contribution >= 4 is 23.2 Å². The topological polar surface area (TPSA) is 99.0 Å². The molecule has 20 heavy (non-hydrogen) atoms. The highest BCUT2D eigenvalue weighted by Gasteiger charge is 2.20. The minimum absolute atomic E-state index is 0.000993. The van der Waals surface area contributed by atoms with Crippen LogP contribution in [0.5, 0.6) is 0 Å². The molecule has 0 spiro atoms. The number of hydrogen-bond acceptors (Lipinski definition) is 5. The van der Waals surface area contributed by atoms with Gasteiger partial charge in [-0.3, -0.25) is 15.4 Å². The van der Waals surface area contributed by atoms with Crippen LogP contribution in [0.1, 0.15) is 0 Å². The van der Waals surface area contributed by atoms with E-state index in [9.17, 15) is 14.9 Å². The van der Waals surface area contributed by atoms with Crippen molar-refractivity contribution < 1.29 is 14.8 Å². The van der Waals surface area contributed by atoms with Crippen LogP contribution in [-0.4, -0.2) is 54.2 Å². The molecule has 0 radical (unpaired) electrons. The Kier molecular flexibility index (Phi) is 4.04. The van der Waals surface area contributed by atoms with Crippen molar-refractivity contribution in [2.75, 3.05) is 43.4 Å². The lowest BCUT2D eigenvalue weighted by atomic mass is 10.2. The van der Waals surface area contributed by atoms with Gasteiger partial charge in [0.15, 0.2) is 0 Å². The molecule has 1 aliphatic heterocycles. The summed E-state index contributed by atoms with van der Waals surface area (Å²) in [6.07, 6.45) is -1.32. The van der Waals surface area contributed by atoms with Crippen molar-refractivity contribution in [1.82, 2.24) is 4.90 Å². The van der Waals surface area contributed by atoms with Gasteiger partial charge in [-0.1, -0.05) is 0 Å². The Labute approximate surface area is 115 Å². The predicted molar refractivity (Wildman–Crippen MR) is 74.5 cm³/mol. The van der Waals surface area contributed by atoms with Crippen LogP contribution in [0.3, 0.4) is 0 Å². The third-order valence-electron chi connectivity index (χ3n) is 3.29. The third kappa shape index (κ3) is 3.15. The molecule has 8 heteroatoms. The molecule has 0 aliphatic carbocycles. The van der Waals surface area contributed by atoms with Gasteiger partial charge < -0.3 is 14.9 Å². The maximum Gasteiger partial charge on any atom is 0.409 e. The van der Waals surface area contributed by atoms with E-state index in [1.165, 1.54) is 12.1 Å². The van der Waals surface area contributed by atoms with Crippen molar-refractivity contribution in [2.45, 2.75) is 0 Å². The van der Waals surface area contributed by atoms with Gasteiger partial charge in [0.25, 0.3) is 5.69 Å². The van der Waals surface area contributed by atoms with Crippen molar-refractivity contribution in [1.29, 1.82) is 0 Å². The van der Waals surface area contributed by atoms with Crippen LogP contribution in [0, 0.1) is 10.1 Å². The normalized spacial score (nSPS) is 15.9. The monoisotopic (exact) mass is 280 g/mol. The molecule has 1 aromatic carbocycles. The van der Waals surface area contributed by atoms with Crippen molar-refractivity contribution in [3.05, 3.63) is 28.3 Å². The SMILES string of the molecule is CN1CCN(c2ccc([N+](=O)[O-])c(NC(=O)O)c2)CC1. The van der Waals surface area contributed by atoms with Crippen LogP contribution < -0.4 is 10.2 Å². The molecule has 0 unspecified atom stereocenters. The van der Waals surface area contributed by atoms with Crippen LogP contribution in [0.25, 0.3) is 0 Å². The average Bonchev–Trinajstić information content (AvgIpc) is 2.38. The molecule has 1 saturated heterocycles. The number of nitrogens with zero attached hydrogens (tertiary/aromatic N) is 3. The Morgan fingerprint density at radius 3 is 2.55 bits per heavy atom. The van der Waals surface area contributed by atoms with E-state index in [0.717, 1.165) is 31.9 Å². The second-order valence-electron chi connectivity index (χ2n) is 4.68. The molecule has 2 rings (SSSR count). The fraction of sp³-hybridized carbons (Fsp3) is 0.417. The summed E-state index contributed by atoms with van der Waals surface area (Å²) >= 11 is 0. The van der Waals surface area contributed by atoms with Crippen LogP contribution in [-0.2, 0) is 0 Å². The van der Waals surface area contributed by atoms with Crippen molar-refractivity contribution in [3.63, 3.8) is 0 Å². The Bertz CT molecular complexity index is 526.